The van der Waals surface area contributed by atoms with Crippen molar-refractivity contribution in [3.05, 3.63) is 0 Å². The lowest BCUT2D eigenvalue weighted by atomic mass is 9.37. The number of hydrogen-bond donors (Lipinski definition) is 3. The van der Waals surface area contributed by atoms with Crippen molar-refractivity contribution in [3.63, 3.8) is 0 Å². The fourth-order valence-corrected chi connectivity index (χ4v) is 12.9. The van der Waals surface area contributed by atoms with Crippen LogP contribution >= 0.6 is 0 Å². The summed E-state index contributed by atoms with van der Waals surface area (Å²) >= 11 is 0. The number of carbonyl (C=O) groups excluding carboxylic acids is 3. The smallest absolute Gasteiger partial charge is 0.302 e. The van der Waals surface area contributed by atoms with Gasteiger partial charge in [-0.2, -0.15) is 0 Å². The summed E-state index contributed by atoms with van der Waals surface area (Å²) in [5.74, 6) is 0.408. The minimum Gasteiger partial charge on any atom is -0.463 e. The fraction of sp³-hybridized carbons (Fsp3) is 0.917. The van der Waals surface area contributed by atoms with E-state index in [4.69, 9.17) is 18.9 Å². The molecule has 0 aromatic carbocycles. The molecule has 10 heteroatoms. The highest BCUT2D eigenvalue weighted by atomic mass is 16.7. The number of carbonyl (C=O) groups is 3. The lowest BCUT2D eigenvalue weighted by Gasteiger charge is -2.69. The first kappa shape index (κ1) is 34.3. The van der Waals surface area contributed by atoms with E-state index in [0.29, 0.717) is 30.6 Å². The molecule has 10 nitrogen and oxygen atoms in total. The maximum atomic E-state index is 12.2. The first-order valence-corrected chi connectivity index (χ1v) is 17.6. The molecule has 5 saturated carbocycles. The summed E-state index contributed by atoms with van der Waals surface area (Å²) < 4.78 is 24.2. The molecule has 0 aromatic heterocycles. The van der Waals surface area contributed by atoms with E-state index in [1.165, 1.54) is 13.8 Å². The second-order valence-corrected chi connectivity index (χ2v) is 17.0. The van der Waals surface area contributed by atoms with E-state index in [1.807, 2.05) is 0 Å². The van der Waals surface area contributed by atoms with Crippen molar-refractivity contribution in [3.8, 4) is 0 Å². The van der Waals surface area contributed by atoms with Crippen LogP contribution in [0.1, 0.15) is 106 Å². The Morgan fingerprint density at radius 2 is 1.63 bits per heavy atom. The Morgan fingerprint density at radius 1 is 0.913 bits per heavy atom. The highest BCUT2D eigenvalue weighted by Crippen LogP contribution is 2.91. The predicted molar refractivity (Wildman–Crippen MR) is 166 cm³/mol. The summed E-state index contributed by atoms with van der Waals surface area (Å²) in [6.07, 6.45) is 2.10. The number of rotatable bonds is 8. The summed E-state index contributed by atoms with van der Waals surface area (Å²) in [6, 6.07) is 0. The van der Waals surface area contributed by atoms with Crippen LogP contribution in [0, 0.1) is 50.7 Å². The van der Waals surface area contributed by atoms with Crippen molar-refractivity contribution < 1.29 is 48.7 Å². The Bertz CT molecular complexity index is 1220. The maximum absolute atomic E-state index is 12.2. The quantitative estimate of drug-likeness (QED) is 0.201. The molecule has 260 valence electrons. The third kappa shape index (κ3) is 4.70. The average Bonchev–Trinajstić information content (AvgIpc) is 3.55. The van der Waals surface area contributed by atoms with E-state index in [0.717, 1.165) is 51.2 Å². The lowest BCUT2D eigenvalue weighted by molar-refractivity contribution is -0.344. The molecule has 0 amide bonds. The molecule has 6 aliphatic rings. The van der Waals surface area contributed by atoms with Crippen LogP contribution in [0.4, 0.5) is 0 Å². The van der Waals surface area contributed by atoms with E-state index in [9.17, 15) is 29.7 Å². The first-order chi connectivity index (χ1) is 21.5. The zero-order valence-electron chi connectivity index (χ0n) is 28.7. The molecule has 1 heterocycles. The molecular formula is C36H56O10. The molecule has 0 bridgehead atoms. The predicted octanol–water partition coefficient (Wildman–Crippen LogP) is 3.95. The van der Waals surface area contributed by atoms with Gasteiger partial charge in [0.2, 0.25) is 0 Å². The number of fused-ring (bicyclic) bond motifs is 3. The van der Waals surface area contributed by atoms with Gasteiger partial charge in [-0.25, -0.2) is 0 Å². The number of hydrogen-bond acceptors (Lipinski definition) is 10. The topological polar surface area (TPSA) is 149 Å². The van der Waals surface area contributed by atoms with Crippen molar-refractivity contribution in [1.82, 2.24) is 0 Å². The molecule has 5 aliphatic carbocycles. The molecule has 0 aromatic rings. The number of ether oxygens (including phenoxy) is 4. The van der Waals surface area contributed by atoms with Crippen LogP contribution in [-0.4, -0.2) is 83.1 Å². The molecule has 6 rings (SSSR count). The zero-order valence-corrected chi connectivity index (χ0v) is 28.7. The summed E-state index contributed by atoms with van der Waals surface area (Å²) in [4.78, 5) is 35.3. The van der Waals surface area contributed by atoms with Gasteiger partial charge in [-0.05, 0) is 91.3 Å². The molecule has 15 atom stereocenters. The van der Waals surface area contributed by atoms with Crippen LogP contribution in [0.2, 0.25) is 0 Å². The van der Waals surface area contributed by atoms with E-state index < -0.39 is 36.7 Å². The van der Waals surface area contributed by atoms with Crippen molar-refractivity contribution in [2.45, 2.75) is 149 Å². The SMILES string of the molecule is CC(=O)OCC1OC(OC2CC3C(C)(C)C(OC(C)=O)CCC3(C)C3CCC45CC4(CCC5C(C)CC=O)C23C)C(O)C(O)C1O. The molecule has 0 spiro atoms. The highest BCUT2D eigenvalue weighted by molar-refractivity contribution is 5.66. The fourth-order valence-electron chi connectivity index (χ4n) is 12.9. The second-order valence-electron chi connectivity index (χ2n) is 17.0. The van der Waals surface area contributed by atoms with Crippen LogP contribution in [0.15, 0.2) is 0 Å². The summed E-state index contributed by atoms with van der Waals surface area (Å²) in [6.45, 7) is 13.9. The molecule has 1 aliphatic heterocycles. The van der Waals surface area contributed by atoms with E-state index in [1.54, 1.807) is 0 Å². The Balaban J connectivity index is 1.39. The molecule has 46 heavy (non-hydrogen) atoms. The number of aldehydes is 1. The van der Waals surface area contributed by atoms with Gasteiger partial charge >= 0.3 is 11.9 Å². The molecule has 1 saturated heterocycles. The van der Waals surface area contributed by atoms with Crippen molar-refractivity contribution in [1.29, 1.82) is 0 Å². The lowest BCUT2D eigenvalue weighted by Crippen LogP contribution is -2.68. The van der Waals surface area contributed by atoms with Crippen LogP contribution < -0.4 is 0 Å². The number of aliphatic hydroxyl groups is 3. The molecule has 15 unspecified atom stereocenters. The van der Waals surface area contributed by atoms with Gasteiger partial charge < -0.3 is 39.1 Å². The van der Waals surface area contributed by atoms with Crippen LogP contribution in [0.25, 0.3) is 0 Å². The zero-order chi connectivity index (χ0) is 33.6. The summed E-state index contributed by atoms with van der Waals surface area (Å²) in [5.41, 5.74) is -0.491. The van der Waals surface area contributed by atoms with Gasteiger partial charge in [0, 0.05) is 31.1 Å². The Labute approximate surface area is 273 Å². The van der Waals surface area contributed by atoms with E-state index in [-0.39, 0.29) is 57.8 Å². The number of aliphatic hydroxyl groups excluding tert-OH is 3. The summed E-state index contributed by atoms with van der Waals surface area (Å²) in [7, 11) is 0. The van der Waals surface area contributed by atoms with Crippen molar-refractivity contribution >= 4 is 18.2 Å². The van der Waals surface area contributed by atoms with E-state index in [2.05, 4.69) is 34.6 Å². The molecule has 0 radical (unpaired) electrons. The van der Waals surface area contributed by atoms with Gasteiger partial charge in [0.15, 0.2) is 6.29 Å². The van der Waals surface area contributed by atoms with Crippen LogP contribution in [0.5, 0.6) is 0 Å². The highest BCUT2D eigenvalue weighted by Gasteiger charge is 2.85. The van der Waals surface area contributed by atoms with Gasteiger partial charge in [0.05, 0.1) is 6.10 Å². The number of esters is 2. The van der Waals surface area contributed by atoms with Gasteiger partial charge in [0.1, 0.15) is 43.4 Å². The van der Waals surface area contributed by atoms with Gasteiger partial charge in [-0.1, -0.05) is 34.6 Å². The minimum atomic E-state index is -1.54. The third-order valence-corrected chi connectivity index (χ3v) is 14.9. The van der Waals surface area contributed by atoms with Crippen molar-refractivity contribution in [2.75, 3.05) is 6.61 Å². The second kappa shape index (κ2) is 11.5. The van der Waals surface area contributed by atoms with Crippen molar-refractivity contribution in [2.24, 2.45) is 50.7 Å². The Morgan fingerprint density at radius 3 is 2.28 bits per heavy atom. The Hall–Kier alpha value is -1.59. The molecule has 3 N–H and O–H groups in total. The molecule has 6 fully saturated rings. The largest absolute Gasteiger partial charge is 0.463 e. The van der Waals surface area contributed by atoms with E-state index >= 15 is 0 Å². The molecular weight excluding hydrogens is 592 g/mol. The third-order valence-electron chi connectivity index (χ3n) is 14.9. The van der Waals surface area contributed by atoms with Gasteiger partial charge in [-0.3, -0.25) is 9.59 Å². The minimum absolute atomic E-state index is 0.0230. The summed E-state index contributed by atoms with van der Waals surface area (Å²) in [5, 5.41) is 32.8. The standard InChI is InChI=1S/C36H56O10/c1-19(11-15-37)22-8-14-36-18-35(22,36)13-9-24-33(6)12-10-26(44-21(3)39)32(4,5)25(33)16-27(34(24,36)7)46-31-30(42)29(41)28(40)23(45-31)17-43-20(2)38/h15,19,22-31,40-42H,8-14,16-18H2,1-7H3. The normalized spacial score (nSPS) is 51.0. The van der Waals surface area contributed by atoms with Gasteiger partial charge in [0.25, 0.3) is 0 Å². The Kier molecular flexibility index (Phi) is 8.57. The monoisotopic (exact) mass is 648 g/mol. The van der Waals surface area contributed by atoms with Crippen LogP contribution in [0.3, 0.4) is 0 Å². The first-order valence-electron chi connectivity index (χ1n) is 17.6. The average molecular weight is 649 g/mol. The maximum Gasteiger partial charge on any atom is 0.302 e. The van der Waals surface area contributed by atoms with Gasteiger partial charge in [-0.15, -0.1) is 0 Å². The van der Waals surface area contributed by atoms with Crippen LogP contribution in [-0.2, 0) is 33.3 Å².